The summed E-state index contributed by atoms with van der Waals surface area (Å²) in [5.74, 6) is 2.90. The number of guanidine groups is 1. The maximum Gasteiger partial charge on any atom is 0.191 e. The zero-order chi connectivity index (χ0) is 18.8. The molecule has 0 amide bonds. The van der Waals surface area contributed by atoms with Crippen LogP contribution in [0.5, 0.6) is 17.2 Å². The second-order valence-electron chi connectivity index (χ2n) is 5.82. The van der Waals surface area contributed by atoms with Gasteiger partial charge in [-0.3, -0.25) is 4.99 Å². The topological polar surface area (TPSA) is 64.1 Å². The molecule has 2 rings (SSSR count). The lowest BCUT2D eigenvalue weighted by Gasteiger charge is -2.17. The fourth-order valence-corrected chi connectivity index (χ4v) is 2.41. The van der Waals surface area contributed by atoms with Crippen molar-refractivity contribution >= 4 is 5.96 Å². The van der Waals surface area contributed by atoms with E-state index in [0.29, 0.717) is 24.7 Å². The third kappa shape index (κ3) is 5.97. The number of rotatable bonds is 8. The van der Waals surface area contributed by atoms with Gasteiger partial charge in [0.25, 0.3) is 0 Å². The third-order valence-electron chi connectivity index (χ3n) is 3.70. The zero-order valence-corrected chi connectivity index (χ0v) is 15.8. The number of hydrogen-bond donors (Lipinski definition) is 2. The molecule has 0 bridgehead atoms. The highest BCUT2D eigenvalue weighted by molar-refractivity contribution is 5.79. The van der Waals surface area contributed by atoms with Crippen molar-refractivity contribution in [3.63, 3.8) is 0 Å². The van der Waals surface area contributed by atoms with E-state index in [1.807, 2.05) is 55.5 Å². The Morgan fingerprint density at radius 2 is 1.73 bits per heavy atom. The molecular formula is C20H27N3O3. The number of nitrogens with one attached hydrogen (secondary N) is 2. The highest BCUT2D eigenvalue weighted by Crippen LogP contribution is 2.30. The number of ether oxygens (including phenoxy) is 3. The summed E-state index contributed by atoms with van der Waals surface area (Å²) in [5, 5.41) is 6.55. The number of benzene rings is 2. The van der Waals surface area contributed by atoms with E-state index in [4.69, 9.17) is 14.2 Å². The lowest BCUT2D eigenvalue weighted by molar-refractivity contribution is 0.179. The van der Waals surface area contributed by atoms with E-state index in [-0.39, 0.29) is 6.04 Å². The maximum atomic E-state index is 5.89. The molecule has 1 unspecified atom stereocenters. The van der Waals surface area contributed by atoms with Crippen molar-refractivity contribution in [1.29, 1.82) is 0 Å². The molecular weight excluding hydrogens is 330 g/mol. The normalized spacial score (nSPS) is 12.4. The minimum absolute atomic E-state index is 0.183. The summed E-state index contributed by atoms with van der Waals surface area (Å²) in [7, 11) is 5.06. The first kappa shape index (κ1) is 19.6. The van der Waals surface area contributed by atoms with Crippen molar-refractivity contribution in [1.82, 2.24) is 10.6 Å². The van der Waals surface area contributed by atoms with Crippen LogP contribution >= 0.6 is 0 Å². The molecule has 0 aromatic heterocycles. The monoisotopic (exact) mass is 357 g/mol. The highest BCUT2D eigenvalue weighted by Gasteiger charge is 2.06. The van der Waals surface area contributed by atoms with Gasteiger partial charge in [-0.05, 0) is 36.8 Å². The second kappa shape index (κ2) is 10.3. The number of aliphatic imine (C=N–C) groups is 1. The standard InChI is InChI=1S/C20H27N3O3/c1-15(14-24-3)23-20(21-2)22-13-16-9-11-17(12-10-16)26-19-8-6-5-7-18(19)25-4/h5-12,15H,13-14H2,1-4H3,(H2,21,22,23). The van der Waals surface area contributed by atoms with E-state index in [1.165, 1.54) is 0 Å². The van der Waals surface area contributed by atoms with E-state index in [9.17, 15) is 0 Å². The van der Waals surface area contributed by atoms with Crippen LogP contribution in [-0.4, -0.2) is 39.9 Å². The molecule has 2 aromatic carbocycles. The van der Waals surface area contributed by atoms with E-state index in [2.05, 4.69) is 15.6 Å². The molecule has 26 heavy (non-hydrogen) atoms. The number of nitrogens with zero attached hydrogens (tertiary/aromatic N) is 1. The molecule has 6 nitrogen and oxygen atoms in total. The molecule has 2 N–H and O–H groups in total. The smallest absolute Gasteiger partial charge is 0.191 e. The maximum absolute atomic E-state index is 5.89. The minimum atomic E-state index is 0.183. The van der Waals surface area contributed by atoms with Crippen LogP contribution in [-0.2, 0) is 11.3 Å². The van der Waals surface area contributed by atoms with Crippen LogP contribution in [0, 0.1) is 0 Å². The fourth-order valence-electron chi connectivity index (χ4n) is 2.41. The van der Waals surface area contributed by atoms with Crippen LogP contribution in [0.4, 0.5) is 0 Å². The summed E-state index contributed by atoms with van der Waals surface area (Å²) in [4.78, 5) is 4.22. The van der Waals surface area contributed by atoms with Crippen LogP contribution in [0.3, 0.4) is 0 Å². The summed E-state index contributed by atoms with van der Waals surface area (Å²) in [5.41, 5.74) is 1.12. The minimum Gasteiger partial charge on any atom is -0.493 e. The first-order valence-corrected chi connectivity index (χ1v) is 8.52. The van der Waals surface area contributed by atoms with Gasteiger partial charge in [-0.2, -0.15) is 0 Å². The van der Waals surface area contributed by atoms with Crippen LogP contribution in [0.2, 0.25) is 0 Å². The molecule has 0 aliphatic rings. The molecule has 0 aliphatic heterocycles. The molecule has 6 heteroatoms. The number of para-hydroxylation sites is 2. The molecule has 140 valence electrons. The summed E-state index contributed by atoms with van der Waals surface area (Å²) < 4.78 is 16.3. The molecule has 0 radical (unpaired) electrons. The van der Waals surface area contributed by atoms with Gasteiger partial charge < -0.3 is 24.8 Å². The van der Waals surface area contributed by atoms with Crippen LogP contribution in [0.1, 0.15) is 12.5 Å². The Balaban J connectivity index is 1.91. The molecule has 0 fully saturated rings. The Morgan fingerprint density at radius 3 is 2.35 bits per heavy atom. The largest absolute Gasteiger partial charge is 0.493 e. The van der Waals surface area contributed by atoms with Crippen molar-refractivity contribution in [3.8, 4) is 17.2 Å². The first-order valence-electron chi connectivity index (χ1n) is 8.52. The second-order valence-corrected chi connectivity index (χ2v) is 5.82. The molecule has 0 saturated carbocycles. The lowest BCUT2D eigenvalue weighted by atomic mass is 10.2. The Labute approximate surface area is 155 Å². The number of hydrogen-bond acceptors (Lipinski definition) is 4. The average Bonchev–Trinajstić information content (AvgIpc) is 2.67. The van der Waals surface area contributed by atoms with E-state index >= 15 is 0 Å². The number of methoxy groups -OCH3 is 2. The van der Waals surface area contributed by atoms with Gasteiger partial charge in [0.15, 0.2) is 17.5 Å². The SMILES string of the molecule is CN=C(NCc1ccc(Oc2ccccc2OC)cc1)NC(C)COC. The van der Waals surface area contributed by atoms with Gasteiger partial charge in [0.2, 0.25) is 0 Å². The van der Waals surface area contributed by atoms with Gasteiger partial charge >= 0.3 is 0 Å². The molecule has 2 aromatic rings. The Bertz CT molecular complexity index is 702. The van der Waals surface area contributed by atoms with E-state index < -0.39 is 0 Å². The summed E-state index contributed by atoms with van der Waals surface area (Å²) >= 11 is 0. The van der Waals surface area contributed by atoms with Crippen molar-refractivity contribution < 1.29 is 14.2 Å². The van der Waals surface area contributed by atoms with Crippen molar-refractivity contribution in [2.24, 2.45) is 4.99 Å². The molecule has 0 heterocycles. The zero-order valence-electron chi connectivity index (χ0n) is 15.8. The molecule has 0 saturated heterocycles. The summed E-state index contributed by atoms with van der Waals surface area (Å²) in [6.45, 7) is 3.32. The van der Waals surface area contributed by atoms with Gasteiger partial charge in [0.1, 0.15) is 5.75 Å². The van der Waals surface area contributed by atoms with Crippen molar-refractivity contribution in [2.45, 2.75) is 19.5 Å². The van der Waals surface area contributed by atoms with Gasteiger partial charge in [0, 0.05) is 26.7 Å². The Morgan fingerprint density at radius 1 is 1.04 bits per heavy atom. The predicted octanol–water partition coefficient (Wildman–Crippen LogP) is 3.19. The quantitative estimate of drug-likeness (QED) is 0.561. The average molecular weight is 357 g/mol. The molecule has 0 aliphatic carbocycles. The molecule has 0 spiro atoms. The van der Waals surface area contributed by atoms with E-state index in [1.54, 1.807) is 21.3 Å². The lowest BCUT2D eigenvalue weighted by Crippen LogP contribution is -2.43. The van der Waals surface area contributed by atoms with Crippen LogP contribution < -0.4 is 20.1 Å². The highest BCUT2D eigenvalue weighted by atomic mass is 16.5. The predicted molar refractivity (Wildman–Crippen MR) is 104 cm³/mol. The van der Waals surface area contributed by atoms with Gasteiger partial charge in [-0.25, -0.2) is 0 Å². The van der Waals surface area contributed by atoms with Crippen molar-refractivity contribution in [2.75, 3.05) is 27.9 Å². The Hall–Kier alpha value is -2.73. The third-order valence-corrected chi connectivity index (χ3v) is 3.70. The van der Waals surface area contributed by atoms with Gasteiger partial charge in [0.05, 0.1) is 13.7 Å². The molecule has 1 atom stereocenters. The summed E-state index contributed by atoms with van der Waals surface area (Å²) in [6.07, 6.45) is 0. The van der Waals surface area contributed by atoms with Crippen molar-refractivity contribution in [3.05, 3.63) is 54.1 Å². The fraction of sp³-hybridized carbons (Fsp3) is 0.350. The van der Waals surface area contributed by atoms with Crippen LogP contribution in [0.25, 0.3) is 0 Å². The van der Waals surface area contributed by atoms with Gasteiger partial charge in [-0.1, -0.05) is 24.3 Å². The van der Waals surface area contributed by atoms with Gasteiger partial charge in [-0.15, -0.1) is 0 Å². The Kier molecular flexibility index (Phi) is 7.76. The van der Waals surface area contributed by atoms with Crippen LogP contribution in [0.15, 0.2) is 53.5 Å². The van der Waals surface area contributed by atoms with E-state index in [0.717, 1.165) is 17.3 Å². The first-order chi connectivity index (χ1) is 12.7. The summed E-state index contributed by atoms with van der Waals surface area (Å²) in [6, 6.07) is 15.7.